The Labute approximate surface area is 135 Å². The number of nitrogens with zero attached hydrogens (tertiary/aromatic N) is 4. The lowest BCUT2D eigenvalue weighted by Gasteiger charge is -2.17. The van der Waals surface area contributed by atoms with Gasteiger partial charge in [-0.3, -0.25) is 4.90 Å². The van der Waals surface area contributed by atoms with Crippen LogP contribution in [-0.2, 0) is 17.9 Å². The number of aromatic nitrogens is 3. The fraction of sp³-hybridized carbons (Fsp3) is 0.562. The number of hydrogen-bond donors (Lipinski definition) is 1. The average Bonchev–Trinajstić information content (AvgIpc) is 3.08. The van der Waals surface area contributed by atoms with Crippen LogP contribution in [0.15, 0.2) is 10.7 Å². The van der Waals surface area contributed by atoms with Crippen LogP contribution in [0.1, 0.15) is 34.8 Å². The van der Waals surface area contributed by atoms with Crippen molar-refractivity contribution in [2.24, 2.45) is 0 Å². The van der Waals surface area contributed by atoms with Crippen molar-refractivity contribution in [1.29, 1.82) is 0 Å². The third kappa shape index (κ3) is 3.68. The Bertz CT molecular complexity index is 666. The zero-order valence-electron chi connectivity index (χ0n) is 13.9. The van der Waals surface area contributed by atoms with Gasteiger partial charge in [0.2, 0.25) is 0 Å². The number of rotatable bonds is 5. The lowest BCUT2D eigenvalue weighted by atomic mass is 10.2. The van der Waals surface area contributed by atoms with E-state index in [4.69, 9.17) is 15.0 Å². The van der Waals surface area contributed by atoms with E-state index in [1.807, 2.05) is 27.0 Å². The zero-order chi connectivity index (χ0) is 16.4. The Morgan fingerprint density at radius 2 is 2.22 bits per heavy atom. The SMILES string of the molecule is Cc1ncc(CN2CCC(OCc3c(C)noc3C)C2)c(N)n1. The number of aryl methyl sites for hydroxylation is 3. The van der Waals surface area contributed by atoms with E-state index in [2.05, 4.69) is 20.0 Å². The molecule has 3 rings (SSSR count). The molecular weight excluding hydrogens is 294 g/mol. The van der Waals surface area contributed by atoms with Crippen LogP contribution < -0.4 is 5.73 Å². The van der Waals surface area contributed by atoms with Crippen LogP contribution >= 0.6 is 0 Å². The summed E-state index contributed by atoms with van der Waals surface area (Å²) < 4.78 is 11.2. The standard InChI is InChI=1S/C16H23N5O2/c1-10-15(11(2)23-20-10)9-22-14-4-5-21(8-14)7-13-6-18-12(3)19-16(13)17/h6,14H,4-5,7-9H2,1-3H3,(H2,17,18,19). The summed E-state index contributed by atoms with van der Waals surface area (Å²) in [4.78, 5) is 10.8. The average molecular weight is 317 g/mol. The van der Waals surface area contributed by atoms with Crippen molar-refractivity contribution in [3.8, 4) is 0 Å². The van der Waals surface area contributed by atoms with Gasteiger partial charge in [-0.15, -0.1) is 0 Å². The van der Waals surface area contributed by atoms with Crippen LogP contribution in [0.3, 0.4) is 0 Å². The summed E-state index contributed by atoms with van der Waals surface area (Å²) >= 11 is 0. The van der Waals surface area contributed by atoms with E-state index in [0.29, 0.717) is 18.2 Å². The fourth-order valence-electron chi connectivity index (χ4n) is 2.86. The molecule has 1 saturated heterocycles. The lowest BCUT2D eigenvalue weighted by molar-refractivity contribution is 0.0453. The molecule has 1 aliphatic rings. The second kappa shape index (κ2) is 6.64. The third-order valence-corrected chi connectivity index (χ3v) is 4.29. The maximum atomic E-state index is 6.02. The van der Waals surface area contributed by atoms with Crippen LogP contribution in [-0.4, -0.2) is 39.2 Å². The molecule has 2 N–H and O–H groups in total. The van der Waals surface area contributed by atoms with Gasteiger partial charge >= 0.3 is 0 Å². The first-order valence-electron chi connectivity index (χ1n) is 7.86. The van der Waals surface area contributed by atoms with E-state index in [1.165, 1.54) is 0 Å². The molecule has 7 nitrogen and oxygen atoms in total. The number of likely N-dealkylation sites (tertiary alicyclic amines) is 1. The predicted octanol–water partition coefficient (Wildman–Crippen LogP) is 1.76. The molecule has 1 fully saturated rings. The molecule has 2 aromatic rings. The van der Waals surface area contributed by atoms with Crippen LogP contribution in [0.25, 0.3) is 0 Å². The van der Waals surface area contributed by atoms with Crippen molar-refractivity contribution < 1.29 is 9.26 Å². The molecule has 0 bridgehead atoms. The maximum absolute atomic E-state index is 6.02. The molecular formula is C16H23N5O2. The third-order valence-electron chi connectivity index (χ3n) is 4.29. The number of anilines is 1. The first-order chi connectivity index (χ1) is 11.0. The number of ether oxygens (including phenoxy) is 1. The van der Waals surface area contributed by atoms with Crippen molar-refractivity contribution in [1.82, 2.24) is 20.0 Å². The van der Waals surface area contributed by atoms with Gasteiger partial charge < -0.3 is 15.0 Å². The second-order valence-electron chi connectivity index (χ2n) is 6.09. The quantitative estimate of drug-likeness (QED) is 0.898. The van der Waals surface area contributed by atoms with Crippen LogP contribution in [0.4, 0.5) is 5.82 Å². The van der Waals surface area contributed by atoms with Crippen molar-refractivity contribution in [2.75, 3.05) is 18.8 Å². The maximum Gasteiger partial charge on any atom is 0.139 e. The van der Waals surface area contributed by atoms with Gasteiger partial charge in [0, 0.05) is 37.0 Å². The van der Waals surface area contributed by atoms with E-state index >= 15 is 0 Å². The second-order valence-corrected chi connectivity index (χ2v) is 6.09. The van der Waals surface area contributed by atoms with Crippen LogP contribution in [0, 0.1) is 20.8 Å². The monoisotopic (exact) mass is 317 g/mol. The fourth-order valence-corrected chi connectivity index (χ4v) is 2.86. The summed E-state index contributed by atoms with van der Waals surface area (Å²) in [5.41, 5.74) is 8.90. The summed E-state index contributed by atoms with van der Waals surface area (Å²) in [5.74, 6) is 2.10. The van der Waals surface area contributed by atoms with Crippen LogP contribution in [0.2, 0.25) is 0 Å². The molecule has 0 aliphatic carbocycles. The number of hydrogen-bond acceptors (Lipinski definition) is 7. The zero-order valence-corrected chi connectivity index (χ0v) is 13.9. The van der Waals surface area contributed by atoms with Gasteiger partial charge in [0.1, 0.15) is 17.4 Å². The smallest absolute Gasteiger partial charge is 0.139 e. The van der Waals surface area contributed by atoms with Gasteiger partial charge in [0.15, 0.2) is 0 Å². The molecule has 7 heteroatoms. The molecule has 0 saturated carbocycles. The van der Waals surface area contributed by atoms with Crippen molar-refractivity contribution in [2.45, 2.75) is 46.4 Å². The van der Waals surface area contributed by atoms with E-state index in [1.54, 1.807) is 0 Å². The Hall–Kier alpha value is -1.99. The van der Waals surface area contributed by atoms with Crippen molar-refractivity contribution in [3.05, 3.63) is 34.6 Å². The topological polar surface area (TPSA) is 90.3 Å². The normalized spacial score (nSPS) is 18.7. The molecule has 3 heterocycles. The summed E-state index contributed by atoms with van der Waals surface area (Å²) in [6, 6.07) is 0. The van der Waals surface area contributed by atoms with E-state index in [-0.39, 0.29) is 6.10 Å². The van der Waals surface area contributed by atoms with Gasteiger partial charge in [-0.05, 0) is 27.2 Å². The van der Waals surface area contributed by atoms with E-state index < -0.39 is 0 Å². The summed E-state index contributed by atoms with van der Waals surface area (Å²) in [6.45, 7) is 8.88. The molecule has 124 valence electrons. The van der Waals surface area contributed by atoms with Gasteiger partial charge in [-0.1, -0.05) is 5.16 Å². The number of nitrogen functional groups attached to an aromatic ring is 1. The van der Waals surface area contributed by atoms with E-state index in [9.17, 15) is 0 Å². The highest BCUT2D eigenvalue weighted by molar-refractivity contribution is 5.37. The molecule has 0 radical (unpaired) electrons. The highest BCUT2D eigenvalue weighted by Crippen LogP contribution is 2.20. The summed E-state index contributed by atoms with van der Waals surface area (Å²) in [5, 5.41) is 3.96. The molecule has 1 atom stereocenters. The summed E-state index contributed by atoms with van der Waals surface area (Å²) in [7, 11) is 0. The lowest BCUT2D eigenvalue weighted by Crippen LogP contribution is -2.24. The first kappa shape index (κ1) is 15.9. The van der Waals surface area contributed by atoms with Gasteiger partial charge in [0.25, 0.3) is 0 Å². The van der Waals surface area contributed by atoms with Crippen LogP contribution in [0.5, 0.6) is 0 Å². The van der Waals surface area contributed by atoms with Crippen molar-refractivity contribution in [3.63, 3.8) is 0 Å². The number of nitrogens with two attached hydrogens (primary N) is 1. The first-order valence-corrected chi connectivity index (χ1v) is 7.86. The van der Waals surface area contributed by atoms with Gasteiger partial charge in [0.05, 0.1) is 18.4 Å². The molecule has 23 heavy (non-hydrogen) atoms. The summed E-state index contributed by atoms with van der Waals surface area (Å²) in [6.07, 6.45) is 3.04. The predicted molar refractivity (Wildman–Crippen MR) is 85.6 cm³/mol. The van der Waals surface area contributed by atoms with Gasteiger partial charge in [-0.25, -0.2) is 9.97 Å². The highest BCUT2D eigenvalue weighted by atomic mass is 16.5. The molecule has 2 aromatic heterocycles. The van der Waals surface area contributed by atoms with E-state index in [0.717, 1.165) is 48.6 Å². The highest BCUT2D eigenvalue weighted by Gasteiger charge is 2.24. The molecule has 0 amide bonds. The van der Waals surface area contributed by atoms with Gasteiger partial charge in [-0.2, -0.15) is 0 Å². The Morgan fingerprint density at radius 1 is 1.39 bits per heavy atom. The van der Waals surface area contributed by atoms with Crippen molar-refractivity contribution >= 4 is 5.82 Å². The minimum Gasteiger partial charge on any atom is -0.383 e. The molecule has 1 aliphatic heterocycles. The Kier molecular flexibility index (Phi) is 4.58. The Balaban J connectivity index is 1.52. The Morgan fingerprint density at radius 3 is 2.91 bits per heavy atom. The molecule has 1 unspecified atom stereocenters. The largest absolute Gasteiger partial charge is 0.383 e. The molecule has 0 spiro atoms. The minimum atomic E-state index is 0.219. The molecule has 0 aromatic carbocycles. The minimum absolute atomic E-state index is 0.219.